The minimum atomic E-state index is 0.612. The predicted octanol–water partition coefficient (Wildman–Crippen LogP) is 2.52. The van der Waals surface area contributed by atoms with Crippen LogP contribution in [0.15, 0.2) is 36.7 Å². The van der Waals surface area contributed by atoms with Crippen LogP contribution in [0.5, 0.6) is 0 Å². The van der Waals surface area contributed by atoms with Crippen molar-refractivity contribution in [1.29, 1.82) is 5.26 Å². The number of hydrogen-bond donors (Lipinski definition) is 2. The van der Waals surface area contributed by atoms with Gasteiger partial charge in [-0.2, -0.15) is 5.26 Å². The first kappa shape index (κ1) is 11.9. The van der Waals surface area contributed by atoms with Crippen LogP contribution in [0.25, 0.3) is 0 Å². The van der Waals surface area contributed by atoms with Crippen molar-refractivity contribution in [2.45, 2.75) is 6.92 Å². The third-order valence-corrected chi connectivity index (χ3v) is 2.29. The molecule has 2 aromatic rings. The first-order valence-corrected chi connectivity index (χ1v) is 5.65. The molecule has 0 radical (unpaired) electrons. The normalized spacial score (nSPS) is 9.56. The summed E-state index contributed by atoms with van der Waals surface area (Å²) in [5, 5.41) is 15.1. The molecule has 0 saturated carbocycles. The first-order chi connectivity index (χ1) is 8.81. The van der Waals surface area contributed by atoms with E-state index in [1.54, 1.807) is 12.1 Å². The van der Waals surface area contributed by atoms with Gasteiger partial charge >= 0.3 is 0 Å². The molecule has 18 heavy (non-hydrogen) atoms. The Hall–Kier alpha value is -2.61. The van der Waals surface area contributed by atoms with Gasteiger partial charge in [0, 0.05) is 18.3 Å². The van der Waals surface area contributed by atoms with E-state index in [9.17, 15) is 0 Å². The Kier molecular flexibility index (Phi) is 3.72. The van der Waals surface area contributed by atoms with Crippen LogP contribution in [-0.4, -0.2) is 16.5 Å². The van der Waals surface area contributed by atoms with Crippen molar-refractivity contribution in [3.8, 4) is 6.07 Å². The standard InChI is InChI=1S/C13H13N5/c1-2-15-12-7-13(17-9-16-12)18-11-5-3-4-10(6-11)8-14/h3-7,9H,2H2,1H3,(H2,15,16,17,18). The zero-order valence-corrected chi connectivity index (χ0v) is 10.0. The lowest BCUT2D eigenvalue weighted by Crippen LogP contribution is -2.01. The molecule has 0 spiro atoms. The first-order valence-electron chi connectivity index (χ1n) is 5.65. The van der Waals surface area contributed by atoms with Crippen LogP contribution in [0.3, 0.4) is 0 Å². The molecule has 0 atom stereocenters. The molecule has 0 aliphatic rings. The molecule has 5 nitrogen and oxygen atoms in total. The van der Waals surface area contributed by atoms with E-state index in [1.807, 2.05) is 25.1 Å². The highest BCUT2D eigenvalue weighted by Crippen LogP contribution is 2.17. The van der Waals surface area contributed by atoms with Gasteiger partial charge in [0.15, 0.2) is 0 Å². The number of anilines is 3. The Morgan fingerprint density at radius 2 is 2.06 bits per heavy atom. The van der Waals surface area contributed by atoms with E-state index in [-0.39, 0.29) is 0 Å². The molecule has 1 aromatic heterocycles. The molecule has 0 aliphatic carbocycles. The Bertz CT molecular complexity index is 574. The number of nitriles is 1. The molecule has 0 saturated heterocycles. The summed E-state index contributed by atoms with van der Waals surface area (Å²) in [5.74, 6) is 1.46. The molecule has 2 rings (SSSR count). The molecule has 5 heteroatoms. The van der Waals surface area contributed by atoms with Crippen molar-refractivity contribution in [3.05, 3.63) is 42.2 Å². The highest BCUT2D eigenvalue weighted by atomic mass is 15.1. The second-order valence-corrected chi connectivity index (χ2v) is 3.64. The fourth-order valence-corrected chi connectivity index (χ4v) is 1.52. The second kappa shape index (κ2) is 5.64. The van der Waals surface area contributed by atoms with E-state index >= 15 is 0 Å². The van der Waals surface area contributed by atoms with Crippen LogP contribution >= 0.6 is 0 Å². The van der Waals surface area contributed by atoms with Gasteiger partial charge in [-0.05, 0) is 25.1 Å². The zero-order valence-electron chi connectivity index (χ0n) is 10.0. The van der Waals surface area contributed by atoms with Crippen LogP contribution in [0, 0.1) is 11.3 Å². The van der Waals surface area contributed by atoms with Crippen LogP contribution < -0.4 is 10.6 Å². The van der Waals surface area contributed by atoms with Crippen LogP contribution in [-0.2, 0) is 0 Å². The Morgan fingerprint density at radius 3 is 2.83 bits per heavy atom. The van der Waals surface area contributed by atoms with E-state index in [0.29, 0.717) is 11.4 Å². The number of nitrogens with one attached hydrogen (secondary N) is 2. The lowest BCUT2D eigenvalue weighted by atomic mass is 10.2. The molecule has 0 unspecified atom stereocenters. The average molecular weight is 239 g/mol. The maximum atomic E-state index is 8.83. The Balaban J connectivity index is 2.18. The quantitative estimate of drug-likeness (QED) is 0.857. The monoisotopic (exact) mass is 239 g/mol. The minimum Gasteiger partial charge on any atom is -0.370 e. The summed E-state index contributed by atoms with van der Waals surface area (Å²) in [4.78, 5) is 8.22. The summed E-state index contributed by atoms with van der Waals surface area (Å²) < 4.78 is 0. The molecule has 0 aliphatic heterocycles. The average Bonchev–Trinajstić information content (AvgIpc) is 2.40. The molecule has 1 heterocycles. The third-order valence-electron chi connectivity index (χ3n) is 2.29. The third kappa shape index (κ3) is 2.95. The number of aromatic nitrogens is 2. The molecule has 0 fully saturated rings. The molecular formula is C13H13N5. The van der Waals surface area contributed by atoms with Gasteiger partial charge in [-0.3, -0.25) is 0 Å². The van der Waals surface area contributed by atoms with Gasteiger partial charge in [-0.25, -0.2) is 9.97 Å². The molecule has 0 bridgehead atoms. The highest BCUT2D eigenvalue weighted by molar-refractivity contribution is 5.60. The van der Waals surface area contributed by atoms with Gasteiger partial charge in [0.2, 0.25) is 0 Å². The van der Waals surface area contributed by atoms with Gasteiger partial charge < -0.3 is 10.6 Å². The SMILES string of the molecule is CCNc1cc(Nc2cccc(C#N)c2)ncn1. The summed E-state index contributed by atoms with van der Waals surface area (Å²) >= 11 is 0. The second-order valence-electron chi connectivity index (χ2n) is 3.64. The van der Waals surface area contributed by atoms with Gasteiger partial charge in [0.1, 0.15) is 18.0 Å². The van der Waals surface area contributed by atoms with Crippen molar-refractivity contribution in [2.24, 2.45) is 0 Å². The molecule has 1 aromatic carbocycles. The van der Waals surface area contributed by atoms with Crippen molar-refractivity contribution < 1.29 is 0 Å². The van der Waals surface area contributed by atoms with Crippen molar-refractivity contribution in [2.75, 3.05) is 17.2 Å². The number of hydrogen-bond acceptors (Lipinski definition) is 5. The van der Waals surface area contributed by atoms with Crippen LogP contribution in [0.4, 0.5) is 17.3 Å². The van der Waals surface area contributed by atoms with Gasteiger partial charge in [-0.15, -0.1) is 0 Å². The predicted molar refractivity (Wildman–Crippen MR) is 70.6 cm³/mol. The van der Waals surface area contributed by atoms with Gasteiger partial charge in [-0.1, -0.05) is 6.07 Å². The van der Waals surface area contributed by atoms with Crippen molar-refractivity contribution >= 4 is 17.3 Å². The smallest absolute Gasteiger partial charge is 0.135 e. The molecule has 90 valence electrons. The maximum Gasteiger partial charge on any atom is 0.135 e. The zero-order chi connectivity index (χ0) is 12.8. The summed E-state index contributed by atoms with van der Waals surface area (Å²) in [6, 6.07) is 11.2. The summed E-state index contributed by atoms with van der Waals surface area (Å²) in [6.07, 6.45) is 1.49. The van der Waals surface area contributed by atoms with Gasteiger partial charge in [0.25, 0.3) is 0 Å². The minimum absolute atomic E-state index is 0.612. The topological polar surface area (TPSA) is 73.6 Å². The maximum absolute atomic E-state index is 8.83. The summed E-state index contributed by atoms with van der Waals surface area (Å²) in [5.41, 5.74) is 1.44. The number of nitrogens with zero attached hydrogens (tertiary/aromatic N) is 3. The fourth-order valence-electron chi connectivity index (χ4n) is 1.52. The van der Waals surface area contributed by atoms with E-state index in [0.717, 1.165) is 18.1 Å². The Labute approximate surface area is 106 Å². The van der Waals surface area contributed by atoms with Crippen LogP contribution in [0.1, 0.15) is 12.5 Å². The number of benzene rings is 1. The van der Waals surface area contributed by atoms with Crippen molar-refractivity contribution in [3.63, 3.8) is 0 Å². The molecular weight excluding hydrogens is 226 g/mol. The van der Waals surface area contributed by atoms with Crippen LogP contribution in [0.2, 0.25) is 0 Å². The number of rotatable bonds is 4. The largest absolute Gasteiger partial charge is 0.370 e. The highest BCUT2D eigenvalue weighted by Gasteiger charge is 1.99. The van der Waals surface area contributed by atoms with E-state index < -0.39 is 0 Å². The summed E-state index contributed by atoms with van der Waals surface area (Å²) in [6.45, 7) is 2.81. The van der Waals surface area contributed by atoms with E-state index in [1.165, 1.54) is 6.33 Å². The van der Waals surface area contributed by atoms with Crippen molar-refractivity contribution in [1.82, 2.24) is 9.97 Å². The lowest BCUT2D eigenvalue weighted by Gasteiger charge is -2.07. The van der Waals surface area contributed by atoms with E-state index in [2.05, 4.69) is 26.7 Å². The Morgan fingerprint density at radius 1 is 1.22 bits per heavy atom. The molecule has 2 N–H and O–H groups in total. The fraction of sp³-hybridized carbons (Fsp3) is 0.154. The lowest BCUT2D eigenvalue weighted by molar-refractivity contribution is 1.11. The van der Waals surface area contributed by atoms with Gasteiger partial charge in [0.05, 0.1) is 11.6 Å². The van der Waals surface area contributed by atoms with E-state index in [4.69, 9.17) is 5.26 Å². The molecule has 0 amide bonds. The summed E-state index contributed by atoms with van der Waals surface area (Å²) in [7, 11) is 0.